The van der Waals surface area contributed by atoms with Gasteiger partial charge in [-0.05, 0) is 24.3 Å². The summed E-state index contributed by atoms with van der Waals surface area (Å²) in [6, 6.07) is 9.94. The van der Waals surface area contributed by atoms with E-state index in [-0.39, 0.29) is 5.69 Å². The molecule has 106 valence electrons. The first-order valence-corrected chi connectivity index (χ1v) is 6.47. The quantitative estimate of drug-likeness (QED) is 0.452. The van der Waals surface area contributed by atoms with Gasteiger partial charge in [-0.25, -0.2) is 0 Å². The van der Waals surface area contributed by atoms with Crippen LogP contribution in [0, 0.1) is 10.1 Å². The van der Waals surface area contributed by atoms with Gasteiger partial charge in [-0.2, -0.15) is 0 Å². The van der Waals surface area contributed by atoms with E-state index < -0.39 is 4.92 Å². The van der Waals surface area contributed by atoms with Gasteiger partial charge in [-0.15, -0.1) is 0 Å². The lowest BCUT2D eigenvalue weighted by Gasteiger charge is -2.05. The van der Waals surface area contributed by atoms with E-state index in [1.807, 2.05) is 12.1 Å². The van der Waals surface area contributed by atoms with Gasteiger partial charge in [0.05, 0.1) is 24.3 Å². The number of benzene rings is 1. The zero-order valence-corrected chi connectivity index (χ0v) is 11.0. The molecule has 2 aromatic rings. The van der Waals surface area contributed by atoms with Gasteiger partial charge in [-0.1, -0.05) is 0 Å². The number of nitrogens with zero attached hydrogens (tertiary/aromatic N) is 1. The third kappa shape index (κ3) is 4.40. The highest BCUT2D eigenvalue weighted by Gasteiger charge is 2.04. The molecule has 20 heavy (non-hydrogen) atoms. The van der Waals surface area contributed by atoms with E-state index in [2.05, 4.69) is 5.32 Å². The number of quaternary nitrogens is 1. The Kier molecular flexibility index (Phi) is 5.14. The number of nitro groups is 1. The molecule has 0 saturated heterocycles. The van der Waals surface area contributed by atoms with Crippen molar-refractivity contribution < 1.29 is 19.4 Å². The highest BCUT2D eigenvalue weighted by Crippen LogP contribution is 2.17. The van der Waals surface area contributed by atoms with Crippen LogP contribution in [0.3, 0.4) is 0 Å². The normalized spacial score (nSPS) is 10.4. The fourth-order valence-corrected chi connectivity index (χ4v) is 1.75. The Morgan fingerprint density at radius 2 is 2.05 bits per heavy atom. The molecule has 2 N–H and O–H groups in total. The van der Waals surface area contributed by atoms with Crippen molar-refractivity contribution >= 4 is 5.69 Å². The van der Waals surface area contributed by atoms with Crippen LogP contribution in [0.5, 0.6) is 5.75 Å². The number of non-ortho nitro benzene ring substituents is 1. The van der Waals surface area contributed by atoms with Gasteiger partial charge in [0.25, 0.3) is 5.69 Å². The number of furan rings is 1. The van der Waals surface area contributed by atoms with Crippen LogP contribution in [-0.2, 0) is 6.54 Å². The van der Waals surface area contributed by atoms with Crippen molar-refractivity contribution in [3.8, 4) is 5.75 Å². The third-order valence-corrected chi connectivity index (χ3v) is 2.79. The minimum Gasteiger partial charge on any atom is -0.493 e. The molecule has 0 saturated carbocycles. The highest BCUT2D eigenvalue weighted by molar-refractivity contribution is 5.35. The topological polar surface area (TPSA) is 82.1 Å². The molecule has 0 aliphatic carbocycles. The number of hydrogen-bond acceptors (Lipinski definition) is 4. The standard InChI is InChI=1S/C14H16N2O4/c17-16(18)12-4-6-13(7-5-12)19-10-2-8-15-11-14-3-1-9-20-14/h1,3-7,9,15H,2,8,10-11H2/p+1. The molecule has 0 amide bonds. The average Bonchev–Trinajstić information content (AvgIpc) is 2.96. The van der Waals surface area contributed by atoms with Crippen molar-refractivity contribution in [1.29, 1.82) is 0 Å². The van der Waals surface area contributed by atoms with Gasteiger partial charge < -0.3 is 14.5 Å². The van der Waals surface area contributed by atoms with Crippen molar-refractivity contribution in [2.24, 2.45) is 0 Å². The number of ether oxygens (including phenoxy) is 1. The first-order chi connectivity index (χ1) is 9.75. The fourth-order valence-electron chi connectivity index (χ4n) is 1.75. The van der Waals surface area contributed by atoms with Crippen LogP contribution in [0.15, 0.2) is 47.1 Å². The molecule has 0 fully saturated rings. The molecular formula is C14H17N2O4+. The zero-order chi connectivity index (χ0) is 14.2. The predicted octanol–water partition coefficient (Wildman–Crippen LogP) is 1.72. The summed E-state index contributed by atoms with van der Waals surface area (Å²) in [4.78, 5) is 10.1. The second-order valence-electron chi connectivity index (χ2n) is 4.31. The molecule has 2 rings (SSSR count). The monoisotopic (exact) mass is 277 g/mol. The molecule has 0 spiro atoms. The number of nitro benzene ring substituents is 1. The maximum atomic E-state index is 10.5. The third-order valence-electron chi connectivity index (χ3n) is 2.79. The Bertz CT molecular complexity index is 523. The molecule has 0 aliphatic rings. The molecule has 6 nitrogen and oxygen atoms in total. The Balaban J connectivity index is 1.59. The summed E-state index contributed by atoms with van der Waals surface area (Å²) in [6.45, 7) is 2.35. The van der Waals surface area contributed by atoms with Crippen LogP contribution in [0.1, 0.15) is 12.2 Å². The van der Waals surface area contributed by atoms with E-state index in [1.165, 1.54) is 12.1 Å². The minimum atomic E-state index is -0.423. The van der Waals surface area contributed by atoms with Gasteiger partial charge >= 0.3 is 0 Å². The van der Waals surface area contributed by atoms with Crippen molar-refractivity contribution in [1.82, 2.24) is 0 Å². The summed E-state index contributed by atoms with van der Waals surface area (Å²) in [7, 11) is 0. The summed E-state index contributed by atoms with van der Waals surface area (Å²) < 4.78 is 10.7. The number of rotatable bonds is 8. The second-order valence-corrected chi connectivity index (χ2v) is 4.31. The van der Waals surface area contributed by atoms with Crippen molar-refractivity contribution in [2.75, 3.05) is 13.2 Å². The molecule has 1 aromatic carbocycles. The lowest BCUT2D eigenvalue weighted by atomic mass is 10.3. The van der Waals surface area contributed by atoms with Crippen LogP contribution >= 0.6 is 0 Å². The first kappa shape index (κ1) is 14.1. The SMILES string of the molecule is O=[N+]([O-])c1ccc(OCCC[NH2+]Cc2ccco2)cc1. The molecule has 0 unspecified atom stereocenters. The van der Waals surface area contributed by atoms with Crippen LogP contribution in [0.2, 0.25) is 0 Å². The Labute approximate surface area is 116 Å². The molecule has 0 radical (unpaired) electrons. The van der Waals surface area contributed by atoms with E-state index >= 15 is 0 Å². The maximum absolute atomic E-state index is 10.5. The summed E-state index contributed by atoms with van der Waals surface area (Å²) in [6.07, 6.45) is 2.57. The van der Waals surface area contributed by atoms with Gasteiger partial charge in [0.15, 0.2) is 5.76 Å². The largest absolute Gasteiger partial charge is 0.493 e. The van der Waals surface area contributed by atoms with Crippen LogP contribution in [0.25, 0.3) is 0 Å². The Morgan fingerprint density at radius 3 is 2.70 bits per heavy atom. The van der Waals surface area contributed by atoms with Gasteiger partial charge in [0, 0.05) is 18.6 Å². The van der Waals surface area contributed by atoms with Gasteiger partial charge in [0.1, 0.15) is 12.3 Å². The number of nitrogens with two attached hydrogens (primary N) is 1. The summed E-state index contributed by atoms with van der Waals surface area (Å²) >= 11 is 0. The van der Waals surface area contributed by atoms with Crippen LogP contribution < -0.4 is 10.1 Å². The highest BCUT2D eigenvalue weighted by atomic mass is 16.6. The van der Waals surface area contributed by atoms with Crippen LogP contribution in [-0.4, -0.2) is 18.1 Å². The predicted molar refractivity (Wildman–Crippen MR) is 72.4 cm³/mol. The molecule has 0 aliphatic heterocycles. The molecular weight excluding hydrogens is 260 g/mol. The number of hydrogen-bond donors (Lipinski definition) is 1. The fraction of sp³-hybridized carbons (Fsp3) is 0.286. The van der Waals surface area contributed by atoms with E-state index in [0.717, 1.165) is 25.3 Å². The summed E-state index contributed by atoms with van der Waals surface area (Å²) in [5.74, 6) is 1.61. The molecule has 0 bridgehead atoms. The van der Waals surface area contributed by atoms with E-state index in [1.54, 1.807) is 18.4 Å². The lowest BCUT2D eigenvalue weighted by molar-refractivity contribution is -0.672. The summed E-state index contributed by atoms with van der Waals surface area (Å²) in [5, 5.41) is 12.6. The average molecular weight is 277 g/mol. The maximum Gasteiger partial charge on any atom is 0.269 e. The second kappa shape index (κ2) is 7.30. The lowest BCUT2D eigenvalue weighted by Crippen LogP contribution is -2.82. The summed E-state index contributed by atoms with van der Waals surface area (Å²) in [5.41, 5.74) is 0.0733. The smallest absolute Gasteiger partial charge is 0.269 e. The Hall–Kier alpha value is -2.34. The zero-order valence-electron chi connectivity index (χ0n) is 11.0. The van der Waals surface area contributed by atoms with Crippen molar-refractivity contribution in [3.05, 3.63) is 58.5 Å². The molecule has 6 heteroatoms. The van der Waals surface area contributed by atoms with Crippen molar-refractivity contribution in [3.63, 3.8) is 0 Å². The molecule has 0 atom stereocenters. The van der Waals surface area contributed by atoms with Crippen molar-refractivity contribution in [2.45, 2.75) is 13.0 Å². The van der Waals surface area contributed by atoms with Crippen LogP contribution in [0.4, 0.5) is 5.69 Å². The van der Waals surface area contributed by atoms with E-state index in [0.29, 0.717) is 12.4 Å². The molecule has 1 aromatic heterocycles. The van der Waals surface area contributed by atoms with Gasteiger partial charge in [0.2, 0.25) is 0 Å². The minimum absolute atomic E-state index is 0.0733. The Morgan fingerprint density at radius 1 is 1.25 bits per heavy atom. The van der Waals surface area contributed by atoms with E-state index in [4.69, 9.17) is 9.15 Å². The first-order valence-electron chi connectivity index (χ1n) is 6.47. The van der Waals surface area contributed by atoms with E-state index in [9.17, 15) is 10.1 Å². The molecule has 1 heterocycles. The van der Waals surface area contributed by atoms with Gasteiger partial charge in [-0.3, -0.25) is 10.1 Å².